The van der Waals surface area contributed by atoms with Gasteiger partial charge < -0.3 is 10.1 Å². The molecule has 102 valence electrons. The molecule has 18 heavy (non-hydrogen) atoms. The maximum atomic E-state index is 5.66. The van der Waals surface area contributed by atoms with Gasteiger partial charge in [-0.05, 0) is 31.9 Å². The van der Waals surface area contributed by atoms with Gasteiger partial charge in [-0.1, -0.05) is 50.1 Å². The molecule has 1 rings (SSSR count). The van der Waals surface area contributed by atoms with Crippen LogP contribution < -0.4 is 5.32 Å². The Hall–Kier alpha value is -0.860. The molecule has 0 amide bonds. The lowest BCUT2D eigenvalue weighted by Gasteiger charge is -2.19. The third-order valence-electron chi connectivity index (χ3n) is 3.09. The predicted octanol–water partition coefficient (Wildman–Crippen LogP) is 3.85. The molecule has 0 radical (unpaired) electrons. The first-order valence-electron chi connectivity index (χ1n) is 7.15. The first-order chi connectivity index (χ1) is 8.77. The number of benzene rings is 1. The third-order valence-corrected chi connectivity index (χ3v) is 3.09. The molecule has 1 N–H and O–H groups in total. The van der Waals surface area contributed by atoms with Crippen molar-refractivity contribution in [1.29, 1.82) is 0 Å². The molecule has 0 fully saturated rings. The molecule has 0 heterocycles. The van der Waals surface area contributed by atoms with Crippen molar-refractivity contribution < 1.29 is 4.74 Å². The fourth-order valence-electron chi connectivity index (χ4n) is 2.07. The van der Waals surface area contributed by atoms with E-state index in [9.17, 15) is 0 Å². The lowest BCUT2D eigenvalue weighted by Crippen LogP contribution is -2.22. The standard InChI is InChI=1S/C16H27NO/c1-4-6-11-18-12-10-16(17-5-2)15-9-7-8-14(3)13-15/h7-9,13,16-17H,4-6,10-12H2,1-3H3. The van der Waals surface area contributed by atoms with Crippen LogP contribution in [0.2, 0.25) is 0 Å². The van der Waals surface area contributed by atoms with Gasteiger partial charge in [0.15, 0.2) is 0 Å². The molecule has 2 heteroatoms. The second-order valence-electron chi connectivity index (χ2n) is 4.78. The zero-order valence-corrected chi connectivity index (χ0v) is 12.0. The number of nitrogens with one attached hydrogen (secondary N) is 1. The normalized spacial score (nSPS) is 12.6. The number of unbranched alkanes of at least 4 members (excludes halogenated alkanes) is 1. The van der Waals surface area contributed by atoms with Crippen LogP contribution in [0.25, 0.3) is 0 Å². The minimum atomic E-state index is 0.413. The van der Waals surface area contributed by atoms with Gasteiger partial charge in [-0.15, -0.1) is 0 Å². The fourth-order valence-corrected chi connectivity index (χ4v) is 2.07. The number of hydrogen-bond donors (Lipinski definition) is 1. The van der Waals surface area contributed by atoms with Gasteiger partial charge in [0.05, 0.1) is 0 Å². The summed E-state index contributed by atoms with van der Waals surface area (Å²) < 4.78 is 5.66. The van der Waals surface area contributed by atoms with Crippen LogP contribution in [0.15, 0.2) is 24.3 Å². The van der Waals surface area contributed by atoms with Crippen LogP contribution in [0.4, 0.5) is 0 Å². The summed E-state index contributed by atoms with van der Waals surface area (Å²) in [5.74, 6) is 0. The van der Waals surface area contributed by atoms with Gasteiger partial charge in [0.2, 0.25) is 0 Å². The van der Waals surface area contributed by atoms with Crippen LogP contribution in [-0.2, 0) is 4.74 Å². The Morgan fingerprint density at radius 1 is 1.22 bits per heavy atom. The van der Waals surface area contributed by atoms with Gasteiger partial charge in [0.1, 0.15) is 0 Å². The molecule has 0 aliphatic carbocycles. The van der Waals surface area contributed by atoms with Crippen LogP contribution in [0.1, 0.15) is 50.3 Å². The van der Waals surface area contributed by atoms with Crippen molar-refractivity contribution in [2.45, 2.75) is 46.1 Å². The zero-order chi connectivity index (χ0) is 13.2. The zero-order valence-electron chi connectivity index (χ0n) is 12.0. The lowest BCUT2D eigenvalue weighted by atomic mass is 10.0. The summed E-state index contributed by atoms with van der Waals surface area (Å²) in [6.07, 6.45) is 3.41. The van der Waals surface area contributed by atoms with Gasteiger partial charge in [-0.25, -0.2) is 0 Å². The summed E-state index contributed by atoms with van der Waals surface area (Å²) in [5, 5.41) is 3.54. The van der Waals surface area contributed by atoms with Crippen molar-refractivity contribution in [3.05, 3.63) is 35.4 Å². The molecule has 0 spiro atoms. The molecule has 0 aromatic heterocycles. The highest BCUT2D eigenvalue weighted by Gasteiger charge is 2.09. The van der Waals surface area contributed by atoms with Crippen molar-refractivity contribution in [3.8, 4) is 0 Å². The van der Waals surface area contributed by atoms with Gasteiger partial charge >= 0.3 is 0 Å². The topological polar surface area (TPSA) is 21.3 Å². The Bertz CT molecular complexity index is 325. The fraction of sp³-hybridized carbons (Fsp3) is 0.625. The summed E-state index contributed by atoms with van der Waals surface area (Å²) in [6.45, 7) is 9.21. The maximum absolute atomic E-state index is 5.66. The summed E-state index contributed by atoms with van der Waals surface area (Å²) in [7, 11) is 0. The largest absolute Gasteiger partial charge is 0.381 e. The van der Waals surface area contributed by atoms with Crippen molar-refractivity contribution in [1.82, 2.24) is 5.32 Å². The summed E-state index contributed by atoms with van der Waals surface area (Å²) in [4.78, 5) is 0. The Morgan fingerprint density at radius 3 is 2.72 bits per heavy atom. The Balaban J connectivity index is 2.44. The van der Waals surface area contributed by atoms with Gasteiger partial charge in [-0.3, -0.25) is 0 Å². The highest BCUT2D eigenvalue weighted by Crippen LogP contribution is 2.18. The van der Waals surface area contributed by atoms with E-state index >= 15 is 0 Å². The smallest absolute Gasteiger partial charge is 0.0484 e. The van der Waals surface area contributed by atoms with E-state index in [1.807, 2.05) is 0 Å². The Labute approximate surface area is 112 Å². The molecule has 2 nitrogen and oxygen atoms in total. The third kappa shape index (κ3) is 5.65. The van der Waals surface area contributed by atoms with E-state index in [0.717, 1.165) is 32.6 Å². The molecule has 0 aliphatic rings. The van der Waals surface area contributed by atoms with Crippen molar-refractivity contribution in [3.63, 3.8) is 0 Å². The molecule has 0 saturated heterocycles. The monoisotopic (exact) mass is 249 g/mol. The first kappa shape index (κ1) is 15.2. The minimum absolute atomic E-state index is 0.413. The van der Waals surface area contributed by atoms with Crippen molar-refractivity contribution in [2.75, 3.05) is 19.8 Å². The molecule has 1 aromatic rings. The van der Waals surface area contributed by atoms with Crippen LogP contribution >= 0.6 is 0 Å². The summed E-state index contributed by atoms with van der Waals surface area (Å²) in [5.41, 5.74) is 2.69. The highest BCUT2D eigenvalue weighted by atomic mass is 16.5. The number of ether oxygens (including phenoxy) is 1. The number of hydrogen-bond acceptors (Lipinski definition) is 2. The van der Waals surface area contributed by atoms with Gasteiger partial charge in [0.25, 0.3) is 0 Å². The number of rotatable bonds is 9. The van der Waals surface area contributed by atoms with Crippen LogP contribution in [0.5, 0.6) is 0 Å². The summed E-state index contributed by atoms with van der Waals surface area (Å²) >= 11 is 0. The predicted molar refractivity (Wildman–Crippen MR) is 77.9 cm³/mol. The van der Waals surface area contributed by atoms with E-state index < -0.39 is 0 Å². The van der Waals surface area contributed by atoms with Crippen LogP contribution in [0.3, 0.4) is 0 Å². The minimum Gasteiger partial charge on any atom is -0.381 e. The van der Waals surface area contributed by atoms with Crippen LogP contribution in [0, 0.1) is 6.92 Å². The maximum Gasteiger partial charge on any atom is 0.0484 e. The molecule has 1 aromatic carbocycles. The molecule has 1 unspecified atom stereocenters. The molecule has 0 aliphatic heterocycles. The van der Waals surface area contributed by atoms with Crippen LogP contribution in [-0.4, -0.2) is 19.8 Å². The molecular weight excluding hydrogens is 222 g/mol. The van der Waals surface area contributed by atoms with Gasteiger partial charge in [-0.2, -0.15) is 0 Å². The first-order valence-corrected chi connectivity index (χ1v) is 7.15. The second-order valence-corrected chi connectivity index (χ2v) is 4.78. The lowest BCUT2D eigenvalue weighted by molar-refractivity contribution is 0.121. The number of aryl methyl sites for hydroxylation is 1. The Morgan fingerprint density at radius 2 is 2.06 bits per heavy atom. The van der Waals surface area contributed by atoms with E-state index in [1.165, 1.54) is 17.5 Å². The molecule has 0 saturated carbocycles. The summed E-state index contributed by atoms with van der Waals surface area (Å²) in [6, 6.07) is 9.15. The molecular formula is C16H27NO. The van der Waals surface area contributed by atoms with Crippen molar-refractivity contribution >= 4 is 0 Å². The molecule has 1 atom stereocenters. The molecule has 0 bridgehead atoms. The van der Waals surface area contributed by atoms with E-state index in [2.05, 4.69) is 50.4 Å². The highest BCUT2D eigenvalue weighted by molar-refractivity contribution is 5.25. The van der Waals surface area contributed by atoms with E-state index in [-0.39, 0.29) is 0 Å². The Kier molecular flexibility index (Phi) is 7.70. The average Bonchev–Trinajstić information content (AvgIpc) is 2.37. The van der Waals surface area contributed by atoms with E-state index in [1.54, 1.807) is 0 Å². The SMILES string of the molecule is CCCCOCCC(NCC)c1cccc(C)c1. The quantitative estimate of drug-likeness (QED) is 0.671. The average molecular weight is 249 g/mol. The van der Waals surface area contributed by atoms with Crippen molar-refractivity contribution in [2.24, 2.45) is 0 Å². The second kappa shape index (κ2) is 9.12. The van der Waals surface area contributed by atoms with E-state index in [0.29, 0.717) is 6.04 Å². The van der Waals surface area contributed by atoms with Gasteiger partial charge in [0, 0.05) is 19.3 Å². The van der Waals surface area contributed by atoms with E-state index in [4.69, 9.17) is 4.74 Å².